The first-order chi connectivity index (χ1) is 10.5. The Kier molecular flexibility index (Phi) is 5.61. The number of rotatable bonds is 6. The number of ether oxygens (including phenoxy) is 1. The zero-order valence-electron chi connectivity index (χ0n) is 13.6. The summed E-state index contributed by atoms with van der Waals surface area (Å²) in [4.78, 5) is 13.4. The Morgan fingerprint density at radius 2 is 2.05 bits per heavy atom. The molecule has 0 bridgehead atoms. The number of hydrogen-bond donors (Lipinski definition) is 1. The Labute approximate surface area is 136 Å². The van der Waals surface area contributed by atoms with Crippen LogP contribution in [0.15, 0.2) is 35.7 Å². The van der Waals surface area contributed by atoms with Gasteiger partial charge in [-0.2, -0.15) is 0 Å². The van der Waals surface area contributed by atoms with Gasteiger partial charge in [-0.3, -0.25) is 4.79 Å². The summed E-state index contributed by atoms with van der Waals surface area (Å²) in [6, 6.07) is 10.1. The number of hydrogen-bond acceptors (Lipinski definition) is 3. The normalized spacial score (nSPS) is 12.2. The second-order valence-corrected chi connectivity index (χ2v) is 6.84. The molecule has 118 valence electrons. The fourth-order valence-corrected chi connectivity index (χ4v) is 3.20. The number of benzene rings is 1. The summed E-state index contributed by atoms with van der Waals surface area (Å²) < 4.78 is 5.67. The quantitative estimate of drug-likeness (QED) is 0.864. The van der Waals surface area contributed by atoms with Gasteiger partial charge in [0.05, 0.1) is 6.04 Å². The minimum absolute atomic E-state index is 0.0368. The van der Waals surface area contributed by atoms with E-state index in [2.05, 4.69) is 25.2 Å². The highest BCUT2D eigenvalue weighted by atomic mass is 32.1. The van der Waals surface area contributed by atoms with Gasteiger partial charge in [0.15, 0.2) is 6.61 Å². The molecule has 3 nitrogen and oxygen atoms in total. The van der Waals surface area contributed by atoms with Crippen molar-refractivity contribution in [2.45, 2.75) is 33.7 Å². The van der Waals surface area contributed by atoms with E-state index < -0.39 is 0 Å². The average molecular weight is 317 g/mol. The molecule has 1 N–H and O–H groups in total. The van der Waals surface area contributed by atoms with Gasteiger partial charge < -0.3 is 10.1 Å². The standard InChI is InChI=1S/C18H23NO2S/c1-12(2)18(16-6-5-9-22-16)19-17(20)11-21-15-10-13(3)7-8-14(15)4/h5-10,12,18H,11H2,1-4H3,(H,19,20)/t18-/m1/s1. The third kappa shape index (κ3) is 4.34. The molecule has 4 heteroatoms. The highest BCUT2D eigenvalue weighted by Crippen LogP contribution is 2.25. The van der Waals surface area contributed by atoms with Gasteiger partial charge in [0, 0.05) is 4.88 Å². The molecule has 1 heterocycles. The lowest BCUT2D eigenvalue weighted by atomic mass is 10.0. The van der Waals surface area contributed by atoms with E-state index in [9.17, 15) is 4.79 Å². The number of amides is 1. The topological polar surface area (TPSA) is 38.3 Å². The molecular weight excluding hydrogens is 294 g/mol. The van der Waals surface area contributed by atoms with Crippen molar-refractivity contribution in [3.63, 3.8) is 0 Å². The minimum Gasteiger partial charge on any atom is -0.483 e. The molecule has 0 spiro atoms. The molecule has 0 aliphatic rings. The molecule has 22 heavy (non-hydrogen) atoms. The van der Waals surface area contributed by atoms with Crippen LogP contribution < -0.4 is 10.1 Å². The van der Waals surface area contributed by atoms with Crippen LogP contribution >= 0.6 is 11.3 Å². The van der Waals surface area contributed by atoms with Gasteiger partial charge in [0.25, 0.3) is 5.91 Å². The third-order valence-electron chi connectivity index (χ3n) is 3.54. The van der Waals surface area contributed by atoms with Crippen LogP contribution in [-0.4, -0.2) is 12.5 Å². The van der Waals surface area contributed by atoms with Crippen molar-refractivity contribution >= 4 is 17.2 Å². The van der Waals surface area contributed by atoms with Crippen LogP contribution in [-0.2, 0) is 4.79 Å². The van der Waals surface area contributed by atoms with Crippen molar-refractivity contribution in [3.05, 3.63) is 51.7 Å². The van der Waals surface area contributed by atoms with E-state index in [0.717, 1.165) is 16.9 Å². The second-order valence-electron chi connectivity index (χ2n) is 5.86. The third-order valence-corrected chi connectivity index (χ3v) is 4.49. The fourth-order valence-electron chi connectivity index (χ4n) is 2.26. The van der Waals surface area contributed by atoms with E-state index in [1.807, 2.05) is 43.5 Å². The van der Waals surface area contributed by atoms with Crippen LogP contribution in [0, 0.1) is 19.8 Å². The molecule has 0 unspecified atom stereocenters. The van der Waals surface area contributed by atoms with Crippen LogP contribution in [0.1, 0.15) is 35.9 Å². The van der Waals surface area contributed by atoms with Crippen molar-refractivity contribution in [1.29, 1.82) is 0 Å². The number of thiophene rings is 1. The molecule has 0 radical (unpaired) electrons. The smallest absolute Gasteiger partial charge is 0.258 e. The highest BCUT2D eigenvalue weighted by Gasteiger charge is 2.19. The largest absolute Gasteiger partial charge is 0.483 e. The van der Waals surface area contributed by atoms with E-state index in [1.54, 1.807) is 11.3 Å². The fraction of sp³-hybridized carbons (Fsp3) is 0.389. The van der Waals surface area contributed by atoms with Crippen molar-refractivity contribution < 1.29 is 9.53 Å². The van der Waals surface area contributed by atoms with Crippen LogP contribution in [0.3, 0.4) is 0 Å². The molecule has 0 saturated heterocycles. The molecule has 0 saturated carbocycles. The lowest BCUT2D eigenvalue weighted by Gasteiger charge is -2.21. The molecule has 2 aromatic rings. The SMILES string of the molecule is Cc1ccc(C)c(OCC(=O)N[C@@H](c2cccs2)C(C)C)c1. The van der Waals surface area contributed by atoms with E-state index in [4.69, 9.17) is 4.74 Å². The molecule has 1 amide bonds. The molecule has 0 aliphatic carbocycles. The summed E-state index contributed by atoms with van der Waals surface area (Å²) in [6.45, 7) is 8.25. The zero-order chi connectivity index (χ0) is 16.1. The van der Waals surface area contributed by atoms with Gasteiger partial charge in [0.2, 0.25) is 0 Å². The second kappa shape index (κ2) is 7.45. The van der Waals surface area contributed by atoms with Gasteiger partial charge in [-0.15, -0.1) is 11.3 Å². The maximum atomic E-state index is 12.2. The summed E-state index contributed by atoms with van der Waals surface area (Å²) in [5.74, 6) is 1.02. The summed E-state index contributed by atoms with van der Waals surface area (Å²) in [5, 5.41) is 5.10. The summed E-state index contributed by atoms with van der Waals surface area (Å²) in [7, 11) is 0. The van der Waals surface area contributed by atoms with Crippen molar-refractivity contribution in [2.24, 2.45) is 5.92 Å². The molecular formula is C18H23NO2S. The van der Waals surface area contributed by atoms with Gasteiger partial charge in [-0.25, -0.2) is 0 Å². The van der Waals surface area contributed by atoms with Crippen LogP contribution in [0.2, 0.25) is 0 Å². The summed E-state index contributed by atoms with van der Waals surface area (Å²) >= 11 is 1.66. The van der Waals surface area contributed by atoms with Crippen molar-refractivity contribution in [3.8, 4) is 5.75 Å². The molecule has 0 aliphatic heterocycles. The van der Waals surface area contributed by atoms with Crippen LogP contribution in [0.5, 0.6) is 5.75 Å². The van der Waals surface area contributed by atoms with Gasteiger partial charge >= 0.3 is 0 Å². The molecule has 0 fully saturated rings. The maximum Gasteiger partial charge on any atom is 0.258 e. The molecule has 1 aromatic carbocycles. The van der Waals surface area contributed by atoms with E-state index in [1.165, 1.54) is 4.88 Å². The van der Waals surface area contributed by atoms with Crippen molar-refractivity contribution in [2.75, 3.05) is 6.61 Å². The number of carbonyl (C=O) groups excluding carboxylic acids is 1. The Morgan fingerprint density at radius 3 is 2.68 bits per heavy atom. The van der Waals surface area contributed by atoms with Gasteiger partial charge in [-0.05, 0) is 48.4 Å². The molecule has 2 rings (SSSR count). The lowest BCUT2D eigenvalue weighted by Crippen LogP contribution is -2.34. The first-order valence-electron chi connectivity index (χ1n) is 7.50. The lowest BCUT2D eigenvalue weighted by molar-refractivity contribution is -0.124. The predicted molar refractivity (Wildman–Crippen MR) is 91.5 cm³/mol. The van der Waals surface area contributed by atoms with Gasteiger partial charge in [0.1, 0.15) is 5.75 Å². The van der Waals surface area contributed by atoms with Gasteiger partial charge in [-0.1, -0.05) is 32.0 Å². The Bertz CT molecular complexity index is 620. The summed E-state index contributed by atoms with van der Waals surface area (Å²) in [6.07, 6.45) is 0. The number of aryl methyl sites for hydroxylation is 2. The van der Waals surface area contributed by atoms with Crippen molar-refractivity contribution in [1.82, 2.24) is 5.32 Å². The number of nitrogens with one attached hydrogen (secondary N) is 1. The van der Waals surface area contributed by atoms with E-state index in [0.29, 0.717) is 5.92 Å². The minimum atomic E-state index is -0.0898. The average Bonchev–Trinajstić information content (AvgIpc) is 2.99. The maximum absolute atomic E-state index is 12.2. The first kappa shape index (κ1) is 16.6. The van der Waals surface area contributed by atoms with Crippen LogP contribution in [0.25, 0.3) is 0 Å². The van der Waals surface area contributed by atoms with E-state index in [-0.39, 0.29) is 18.6 Å². The Morgan fingerprint density at radius 1 is 1.27 bits per heavy atom. The first-order valence-corrected chi connectivity index (χ1v) is 8.38. The molecule has 1 atom stereocenters. The monoisotopic (exact) mass is 317 g/mol. The van der Waals surface area contributed by atoms with Crippen LogP contribution in [0.4, 0.5) is 0 Å². The zero-order valence-corrected chi connectivity index (χ0v) is 14.4. The van der Waals surface area contributed by atoms with E-state index >= 15 is 0 Å². The Balaban J connectivity index is 1.96. The predicted octanol–water partition coefficient (Wildman–Crippen LogP) is 4.26. The molecule has 1 aromatic heterocycles. The Hall–Kier alpha value is -1.81. The highest BCUT2D eigenvalue weighted by molar-refractivity contribution is 7.10. The summed E-state index contributed by atoms with van der Waals surface area (Å²) in [5.41, 5.74) is 2.16. The number of carbonyl (C=O) groups is 1.